The minimum atomic E-state index is -0.112. The van der Waals surface area contributed by atoms with Crippen molar-refractivity contribution in [3.05, 3.63) is 24.3 Å². The summed E-state index contributed by atoms with van der Waals surface area (Å²) in [5, 5.41) is 3.57. The second kappa shape index (κ2) is 6.96. The molecule has 0 amide bonds. The van der Waals surface area contributed by atoms with Gasteiger partial charge in [-0.15, -0.1) is 0 Å². The van der Waals surface area contributed by atoms with E-state index in [1.807, 2.05) is 6.20 Å². The molecule has 0 spiro atoms. The van der Waals surface area contributed by atoms with Crippen LogP contribution in [0.25, 0.3) is 0 Å². The first-order chi connectivity index (χ1) is 9.32. The van der Waals surface area contributed by atoms with Crippen molar-refractivity contribution in [3.8, 4) is 0 Å². The van der Waals surface area contributed by atoms with Crippen molar-refractivity contribution < 1.29 is 4.74 Å². The molecule has 1 aliphatic rings. The lowest BCUT2D eigenvalue weighted by molar-refractivity contribution is -0.0919. The smallest absolute Gasteiger partial charge is 0.0892 e. The maximum atomic E-state index is 6.21. The van der Waals surface area contributed by atoms with Gasteiger partial charge in [0.15, 0.2) is 0 Å². The predicted octanol–water partition coefficient (Wildman–Crippen LogP) is 2.87. The summed E-state index contributed by atoms with van der Waals surface area (Å²) in [5.74, 6) is 0. The van der Waals surface area contributed by atoms with Crippen molar-refractivity contribution in [1.29, 1.82) is 0 Å². The number of aromatic nitrogens is 2. The maximum absolute atomic E-state index is 6.21. The van der Waals surface area contributed by atoms with Crippen molar-refractivity contribution in [1.82, 2.24) is 15.3 Å². The van der Waals surface area contributed by atoms with E-state index in [1.165, 1.54) is 19.3 Å². The molecule has 2 rings (SSSR count). The van der Waals surface area contributed by atoms with Crippen LogP contribution in [0.5, 0.6) is 0 Å². The quantitative estimate of drug-likeness (QED) is 0.857. The molecule has 1 unspecified atom stereocenters. The molecule has 106 valence electrons. The van der Waals surface area contributed by atoms with Crippen LogP contribution in [-0.2, 0) is 4.74 Å². The Hall–Kier alpha value is -1.00. The topological polar surface area (TPSA) is 47.0 Å². The fraction of sp³-hybridized carbons (Fsp3) is 0.733. The van der Waals surface area contributed by atoms with Gasteiger partial charge in [0.05, 0.1) is 23.5 Å². The van der Waals surface area contributed by atoms with Gasteiger partial charge in [-0.05, 0) is 26.3 Å². The normalized spacial score (nSPS) is 20.1. The molecule has 1 heterocycles. The number of nitrogens with one attached hydrogen (secondary N) is 1. The van der Waals surface area contributed by atoms with Gasteiger partial charge in [-0.25, -0.2) is 0 Å². The van der Waals surface area contributed by atoms with E-state index in [1.54, 1.807) is 12.4 Å². The lowest BCUT2D eigenvalue weighted by atomic mass is 9.78. The van der Waals surface area contributed by atoms with E-state index in [2.05, 4.69) is 29.1 Å². The van der Waals surface area contributed by atoms with Crippen LogP contribution in [0.1, 0.15) is 57.7 Å². The highest BCUT2D eigenvalue weighted by molar-refractivity contribution is 5.11. The molecule has 4 heteroatoms. The first-order valence-corrected chi connectivity index (χ1v) is 7.45. The first kappa shape index (κ1) is 14.4. The number of rotatable bonds is 6. The molecule has 0 saturated heterocycles. The van der Waals surface area contributed by atoms with Crippen LogP contribution in [0.2, 0.25) is 0 Å². The van der Waals surface area contributed by atoms with E-state index in [4.69, 9.17) is 4.74 Å². The molecule has 1 fully saturated rings. The van der Waals surface area contributed by atoms with E-state index >= 15 is 0 Å². The molecule has 1 saturated carbocycles. The molecule has 0 aliphatic heterocycles. The molecule has 1 aromatic heterocycles. The van der Waals surface area contributed by atoms with Gasteiger partial charge in [-0.1, -0.05) is 26.2 Å². The monoisotopic (exact) mass is 263 g/mol. The molecule has 0 bridgehead atoms. The highest BCUT2D eigenvalue weighted by atomic mass is 16.5. The largest absolute Gasteiger partial charge is 0.373 e. The number of ether oxygens (including phenoxy) is 1. The summed E-state index contributed by atoms with van der Waals surface area (Å²) in [4.78, 5) is 8.71. The van der Waals surface area contributed by atoms with Gasteiger partial charge >= 0.3 is 0 Å². The average molecular weight is 263 g/mol. The zero-order valence-electron chi connectivity index (χ0n) is 12.1. The number of hydrogen-bond acceptors (Lipinski definition) is 4. The van der Waals surface area contributed by atoms with Crippen molar-refractivity contribution in [2.45, 2.75) is 57.6 Å². The molecular formula is C15H25N3O. The van der Waals surface area contributed by atoms with Gasteiger partial charge in [0.1, 0.15) is 0 Å². The molecule has 0 aromatic carbocycles. The summed E-state index contributed by atoms with van der Waals surface area (Å²) in [6.07, 6.45) is 11.4. The van der Waals surface area contributed by atoms with Crippen molar-refractivity contribution in [2.24, 2.45) is 0 Å². The van der Waals surface area contributed by atoms with E-state index < -0.39 is 0 Å². The molecule has 1 aromatic rings. The summed E-state index contributed by atoms with van der Waals surface area (Å²) in [5.41, 5.74) is 0.888. The first-order valence-electron chi connectivity index (χ1n) is 7.45. The lowest BCUT2D eigenvalue weighted by Crippen LogP contribution is -2.48. The van der Waals surface area contributed by atoms with E-state index in [9.17, 15) is 0 Å². The van der Waals surface area contributed by atoms with Gasteiger partial charge < -0.3 is 10.1 Å². The summed E-state index contributed by atoms with van der Waals surface area (Å²) in [6, 6.07) is 0.145. The molecule has 19 heavy (non-hydrogen) atoms. The second-order valence-corrected chi connectivity index (χ2v) is 5.18. The highest BCUT2D eigenvalue weighted by Crippen LogP contribution is 2.40. The van der Waals surface area contributed by atoms with Crippen LogP contribution >= 0.6 is 0 Å². The van der Waals surface area contributed by atoms with E-state index in [0.29, 0.717) is 0 Å². The van der Waals surface area contributed by atoms with Crippen LogP contribution in [0.4, 0.5) is 0 Å². The fourth-order valence-electron chi connectivity index (χ4n) is 3.18. The summed E-state index contributed by atoms with van der Waals surface area (Å²) in [7, 11) is 0. The van der Waals surface area contributed by atoms with Crippen LogP contribution in [-0.4, -0.2) is 28.7 Å². The van der Waals surface area contributed by atoms with Gasteiger partial charge in [-0.2, -0.15) is 0 Å². The summed E-state index contributed by atoms with van der Waals surface area (Å²) >= 11 is 0. The third-order valence-electron chi connectivity index (χ3n) is 3.94. The van der Waals surface area contributed by atoms with Gasteiger partial charge in [-0.3, -0.25) is 9.97 Å². The zero-order chi connectivity index (χ0) is 13.6. The van der Waals surface area contributed by atoms with Crippen LogP contribution in [0.3, 0.4) is 0 Å². The highest BCUT2D eigenvalue weighted by Gasteiger charge is 2.41. The van der Waals surface area contributed by atoms with Gasteiger partial charge in [0.25, 0.3) is 0 Å². The van der Waals surface area contributed by atoms with Gasteiger partial charge in [0.2, 0.25) is 0 Å². The molecular weight excluding hydrogens is 238 g/mol. The SMILES string of the molecule is CCNC(c1cnccn1)C1(OCC)CCCCC1. The molecule has 1 aliphatic carbocycles. The fourth-order valence-corrected chi connectivity index (χ4v) is 3.18. The third-order valence-corrected chi connectivity index (χ3v) is 3.94. The van der Waals surface area contributed by atoms with Crippen molar-refractivity contribution in [2.75, 3.05) is 13.2 Å². The third kappa shape index (κ3) is 3.31. The molecule has 1 N–H and O–H groups in total. The standard InChI is InChI=1S/C15H25N3O/c1-3-17-14(13-12-16-10-11-18-13)15(19-4-2)8-6-5-7-9-15/h10-12,14,17H,3-9H2,1-2H3. The molecule has 0 radical (unpaired) electrons. The van der Waals surface area contributed by atoms with Gasteiger partial charge in [0, 0.05) is 19.0 Å². The van der Waals surface area contributed by atoms with E-state index in [-0.39, 0.29) is 11.6 Å². The summed E-state index contributed by atoms with van der Waals surface area (Å²) < 4.78 is 6.21. The predicted molar refractivity (Wildman–Crippen MR) is 75.9 cm³/mol. The van der Waals surface area contributed by atoms with Crippen molar-refractivity contribution >= 4 is 0 Å². The Morgan fingerprint density at radius 2 is 2.05 bits per heavy atom. The second-order valence-electron chi connectivity index (χ2n) is 5.18. The zero-order valence-corrected chi connectivity index (χ0v) is 12.1. The number of hydrogen-bond donors (Lipinski definition) is 1. The number of nitrogens with zero attached hydrogens (tertiary/aromatic N) is 2. The van der Waals surface area contributed by atoms with Crippen LogP contribution in [0, 0.1) is 0 Å². The van der Waals surface area contributed by atoms with Crippen LogP contribution < -0.4 is 5.32 Å². The Bertz CT molecular complexity index is 357. The van der Waals surface area contributed by atoms with Crippen LogP contribution in [0.15, 0.2) is 18.6 Å². The molecule has 4 nitrogen and oxygen atoms in total. The Labute approximate surface area is 116 Å². The Kier molecular flexibility index (Phi) is 5.28. The minimum Gasteiger partial charge on any atom is -0.373 e. The van der Waals surface area contributed by atoms with E-state index in [0.717, 1.165) is 31.7 Å². The minimum absolute atomic E-state index is 0.112. The lowest BCUT2D eigenvalue weighted by Gasteiger charge is -2.43. The number of likely N-dealkylation sites (N-methyl/N-ethyl adjacent to an activating group) is 1. The summed E-state index contributed by atoms with van der Waals surface area (Å²) in [6.45, 7) is 5.88. The maximum Gasteiger partial charge on any atom is 0.0892 e. The average Bonchev–Trinajstić information content (AvgIpc) is 2.47. The Balaban J connectivity index is 2.28. The molecule has 1 atom stereocenters. The Morgan fingerprint density at radius 3 is 2.63 bits per heavy atom. The Morgan fingerprint density at radius 1 is 1.26 bits per heavy atom. The van der Waals surface area contributed by atoms with Crippen molar-refractivity contribution in [3.63, 3.8) is 0 Å².